The molecule has 4 rings (SSSR count). The van der Waals surface area contributed by atoms with E-state index in [1.807, 2.05) is 0 Å². The summed E-state index contributed by atoms with van der Waals surface area (Å²) in [4.78, 5) is 0. The Kier molecular flexibility index (Phi) is 2.76. The topological polar surface area (TPSA) is 40.5 Å². The van der Waals surface area contributed by atoms with Gasteiger partial charge in [0.05, 0.1) is 12.2 Å². The highest BCUT2D eigenvalue weighted by molar-refractivity contribution is 5.22. The normalized spacial score (nSPS) is 61.1. The summed E-state index contributed by atoms with van der Waals surface area (Å²) in [5, 5.41) is 22.4. The van der Waals surface area contributed by atoms with Crippen LogP contribution in [0.25, 0.3) is 0 Å². The average Bonchev–Trinajstić information content (AvgIpc) is 2.90. The van der Waals surface area contributed by atoms with Gasteiger partial charge in [-0.2, -0.15) is 0 Å². The van der Waals surface area contributed by atoms with Crippen molar-refractivity contribution in [2.24, 2.45) is 45.3 Å². The summed E-state index contributed by atoms with van der Waals surface area (Å²) in [5.74, 6) is 1.75. The second-order valence-corrected chi connectivity index (χ2v) is 10.6. The predicted molar refractivity (Wildman–Crippen MR) is 88.2 cm³/mol. The SMILES string of the molecule is CC1(C)[C@@H]2CC[C@@]1(C)[C@H](O)[C@@H]2[C@@H]1[C@H]2CC[C@@](C)([C@H]1O)C2(C)C. The van der Waals surface area contributed by atoms with Gasteiger partial charge in [-0.05, 0) is 71.0 Å². The molecule has 0 aromatic carbocycles. The molecule has 2 heteroatoms. The minimum atomic E-state index is -0.236. The van der Waals surface area contributed by atoms with Crippen LogP contribution in [-0.2, 0) is 0 Å². The summed E-state index contributed by atoms with van der Waals surface area (Å²) in [6.45, 7) is 14.0. The van der Waals surface area contributed by atoms with Crippen LogP contribution in [0.3, 0.4) is 0 Å². The van der Waals surface area contributed by atoms with E-state index in [1.165, 1.54) is 12.8 Å². The number of rotatable bonds is 1. The van der Waals surface area contributed by atoms with Crippen LogP contribution in [0.5, 0.6) is 0 Å². The van der Waals surface area contributed by atoms with Gasteiger partial charge in [-0.1, -0.05) is 41.5 Å². The van der Waals surface area contributed by atoms with Crippen LogP contribution in [0.1, 0.15) is 67.2 Å². The van der Waals surface area contributed by atoms with E-state index in [0.717, 1.165) is 12.8 Å². The van der Waals surface area contributed by atoms with E-state index in [9.17, 15) is 10.2 Å². The van der Waals surface area contributed by atoms with E-state index in [1.54, 1.807) is 0 Å². The van der Waals surface area contributed by atoms with Crippen molar-refractivity contribution in [1.29, 1.82) is 0 Å². The number of fused-ring (bicyclic) bond motifs is 4. The number of hydrogen-bond acceptors (Lipinski definition) is 2. The lowest BCUT2D eigenvalue weighted by atomic mass is 9.66. The van der Waals surface area contributed by atoms with Crippen molar-refractivity contribution in [2.45, 2.75) is 79.4 Å². The predicted octanol–water partition coefficient (Wildman–Crippen LogP) is 3.85. The molecule has 4 fully saturated rings. The standard InChI is InChI=1S/C20H34O2/c1-17(2)11-7-9-19(17,5)15(21)13(11)14-12-8-10-20(6,16(14)22)18(12,3)4/h11-16,21-22H,7-10H2,1-6H3/t11-,12-,13+,14+,15-,16+,19+,20+/m1/s1. The average molecular weight is 306 g/mol. The van der Waals surface area contributed by atoms with Gasteiger partial charge < -0.3 is 10.2 Å². The van der Waals surface area contributed by atoms with Crippen molar-refractivity contribution in [2.75, 3.05) is 0 Å². The van der Waals surface area contributed by atoms with Crippen molar-refractivity contribution < 1.29 is 10.2 Å². The molecule has 2 N–H and O–H groups in total. The van der Waals surface area contributed by atoms with E-state index in [0.29, 0.717) is 23.7 Å². The number of aliphatic hydroxyl groups excluding tert-OH is 2. The van der Waals surface area contributed by atoms with Crippen molar-refractivity contribution in [3.63, 3.8) is 0 Å². The van der Waals surface area contributed by atoms with E-state index in [2.05, 4.69) is 41.5 Å². The van der Waals surface area contributed by atoms with Crippen LogP contribution in [0.15, 0.2) is 0 Å². The summed E-state index contributed by atoms with van der Waals surface area (Å²) in [6.07, 6.45) is 4.29. The molecule has 0 amide bonds. The van der Waals surface area contributed by atoms with E-state index in [4.69, 9.17) is 0 Å². The van der Waals surface area contributed by atoms with Crippen LogP contribution >= 0.6 is 0 Å². The van der Waals surface area contributed by atoms with Gasteiger partial charge in [-0.3, -0.25) is 0 Å². The molecule has 0 unspecified atom stereocenters. The van der Waals surface area contributed by atoms with Gasteiger partial charge in [0, 0.05) is 0 Å². The monoisotopic (exact) mass is 306 g/mol. The van der Waals surface area contributed by atoms with Crippen molar-refractivity contribution in [3.8, 4) is 0 Å². The Labute approximate surface area is 135 Å². The maximum Gasteiger partial charge on any atom is 0.0633 e. The maximum absolute atomic E-state index is 11.2. The summed E-state index contributed by atoms with van der Waals surface area (Å²) in [5.41, 5.74) is 0.469. The third kappa shape index (κ3) is 1.30. The van der Waals surface area contributed by atoms with Crippen molar-refractivity contribution in [3.05, 3.63) is 0 Å². The number of aliphatic hydroxyl groups is 2. The Morgan fingerprint density at radius 2 is 0.955 bits per heavy atom. The van der Waals surface area contributed by atoms with Crippen LogP contribution in [0, 0.1) is 45.3 Å². The second kappa shape index (κ2) is 3.94. The molecule has 4 aliphatic rings. The number of hydrogen-bond donors (Lipinski definition) is 2. The lowest BCUT2D eigenvalue weighted by Gasteiger charge is -2.43. The maximum atomic E-state index is 11.2. The third-order valence-electron chi connectivity index (χ3n) is 10.2. The quantitative estimate of drug-likeness (QED) is 0.772. The van der Waals surface area contributed by atoms with E-state index in [-0.39, 0.29) is 33.9 Å². The second-order valence-electron chi connectivity index (χ2n) is 10.6. The van der Waals surface area contributed by atoms with Crippen LogP contribution in [0.4, 0.5) is 0 Å². The molecule has 0 radical (unpaired) electrons. The minimum Gasteiger partial charge on any atom is -0.392 e. The molecule has 4 bridgehead atoms. The Morgan fingerprint density at radius 3 is 1.18 bits per heavy atom. The summed E-state index contributed by atoms with van der Waals surface area (Å²) >= 11 is 0. The Balaban J connectivity index is 1.76. The largest absolute Gasteiger partial charge is 0.392 e. The smallest absolute Gasteiger partial charge is 0.0633 e. The van der Waals surface area contributed by atoms with E-state index < -0.39 is 0 Å². The Morgan fingerprint density at radius 1 is 0.636 bits per heavy atom. The fraction of sp³-hybridized carbons (Fsp3) is 1.00. The van der Waals surface area contributed by atoms with Crippen molar-refractivity contribution in [1.82, 2.24) is 0 Å². The molecule has 0 aromatic rings. The Hall–Kier alpha value is -0.0800. The zero-order chi connectivity index (χ0) is 16.3. The highest BCUT2D eigenvalue weighted by Crippen LogP contribution is 2.75. The van der Waals surface area contributed by atoms with Gasteiger partial charge >= 0.3 is 0 Å². The summed E-state index contributed by atoms with van der Waals surface area (Å²) in [7, 11) is 0. The molecule has 0 heterocycles. The van der Waals surface area contributed by atoms with Crippen LogP contribution in [-0.4, -0.2) is 22.4 Å². The molecule has 0 aromatic heterocycles. The zero-order valence-corrected chi connectivity index (χ0v) is 15.2. The van der Waals surface area contributed by atoms with Crippen molar-refractivity contribution >= 4 is 0 Å². The molecule has 126 valence electrons. The first-order valence-electron chi connectivity index (χ1n) is 9.36. The molecule has 4 saturated carbocycles. The first-order chi connectivity index (χ1) is 10.00. The van der Waals surface area contributed by atoms with Gasteiger partial charge in [0.1, 0.15) is 0 Å². The first kappa shape index (κ1) is 15.4. The molecule has 8 atom stereocenters. The summed E-state index contributed by atoms with van der Waals surface area (Å²) < 4.78 is 0. The van der Waals surface area contributed by atoms with Gasteiger partial charge in [0.15, 0.2) is 0 Å². The van der Waals surface area contributed by atoms with Crippen LogP contribution < -0.4 is 0 Å². The lowest BCUT2D eigenvalue weighted by molar-refractivity contribution is -0.0788. The highest BCUT2D eigenvalue weighted by Gasteiger charge is 2.74. The van der Waals surface area contributed by atoms with Crippen LogP contribution in [0.2, 0.25) is 0 Å². The van der Waals surface area contributed by atoms with E-state index >= 15 is 0 Å². The molecule has 22 heavy (non-hydrogen) atoms. The fourth-order valence-electron chi connectivity index (χ4n) is 7.78. The van der Waals surface area contributed by atoms with Gasteiger partial charge in [-0.15, -0.1) is 0 Å². The lowest BCUT2D eigenvalue weighted by Crippen LogP contribution is -2.46. The van der Waals surface area contributed by atoms with Gasteiger partial charge in [-0.25, -0.2) is 0 Å². The molecular weight excluding hydrogens is 272 g/mol. The molecule has 0 saturated heterocycles. The highest BCUT2D eigenvalue weighted by atomic mass is 16.3. The minimum absolute atomic E-state index is 0.0366. The summed E-state index contributed by atoms with van der Waals surface area (Å²) in [6, 6.07) is 0. The molecular formula is C20H34O2. The molecule has 0 spiro atoms. The first-order valence-corrected chi connectivity index (χ1v) is 9.36. The molecule has 4 aliphatic carbocycles. The zero-order valence-electron chi connectivity index (χ0n) is 15.2. The molecule has 0 aliphatic heterocycles. The fourth-order valence-corrected chi connectivity index (χ4v) is 7.78. The van der Waals surface area contributed by atoms with Gasteiger partial charge in [0.2, 0.25) is 0 Å². The third-order valence-corrected chi connectivity index (χ3v) is 10.2. The molecule has 2 nitrogen and oxygen atoms in total. The van der Waals surface area contributed by atoms with Gasteiger partial charge in [0.25, 0.3) is 0 Å². The Bertz CT molecular complexity index is 464.